The van der Waals surface area contributed by atoms with E-state index in [1.165, 1.54) is 13.3 Å². The van der Waals surface area contributed by atoms with E-state index in [1.54, 1.807) is 0 Å². The Kier molecular flexibility index (Phi) is 1.81. The minimum absolute atomic E-state index is 0.00292. The second kappa shape index (κ2) is 2.61. The molecular weight excluding hydrogens is 156 g/mol. The van der Waals surface area contributed by atoms with Gasteiger partial charge in [-0.2, -0.15) is 0 Å². The van der Waals surface area contributed by atoms with Crippen molar-refractivity contribution < 1.29 is 9.66 Å². The minimum atomic E-state index is -0.500. The molecule has 54 valence electrons. The van der Waals surface area contributed by atoms with Crippen LogP contribution in [-0.2, 0) is 0 Å². The largest absolute Gasteiger partial charge is 0.473 e. The molecule has 1 aromatic rings. The monoisotopic (exact) mass is 160 g/mol. The van der Waals surface area contributed by atoms with Gasteiger partial charge in [-0.25, -0.2) is 4.98 Å². The van der Waals surface area contributed by atoms with E-state index in [-0.39, 0.29) is 5.00 Å². The third-order valence-corrected chi connectivity index (χ3v) is 1.74. The number of nitro groups is 1. The first-order valence-corrected chi connectivity index (χ1v) is 3.20. The van der Waals surface area contributed by atoms with Crippen LogP contribution in [0.4, 0.5) is 5.00 Å². The number of hydrogen-bond donors (Lipinski definition) is 0. The first kappa shape index (κ1) is 6.94. The summed E-state index contributed by atoms with van der Waals surface area (Å²) in [6.45, 7) is 0. The summed E-state index contributed by atoms with van der Waals surface area (Å²) < 4.78 is 4.65. The molecule has 1 rings (SSSR count). The van der Waals surface area contributed by atoms with Gasteiger partial charge >= 0.3 is 5.00 Å². The fraction of sp³-hybridized carbons (Fsp3) is 0.250. The van der Waals surface area contributed by atoms with Crippen molar-refractivity contribution in [2.75, 3.05) is 7.11 Å². The van der Waals surface area contributed by atoms with Crippen LogP contribution in [0.3, 0.4) is 0 Å². The van der Waals surface area contributed by atoms with Crippen molar-refractivity contribution in [3.63, 3.8) is 0 Å². The zero-order valence-electron chi connectivity index (χ0n) is 5.10. The molecule has 0 saturated carbocycles. The predicted octanol–water partition coefficient (Wildman–Crippen LogP) is 1.06. The maximum absolute atomic E-state index is 10.1. The molecule has 0 aliphatic rings. The molecule has 0 bridgehead atoms. The lowest BCUT2D eigenvalue weighted by molar-refractivity contribution is -0.380. The van der Waals surface area contributed by atoms with Crippen LogP contribution >= 0.6 is 11.3 Å². The lowest BCUT2D eigenvalue weighted by Crippen LogP contribution is -1.80. The van der Waals surface area contributed by atoms with Crippen molar-refractivity contribution in [2.45, 2.75) is 0 Å². The second-order valence-corrected chi connectivity index (χ2v) is 2.40. The standard InChI is InChI=1S/C4H4N2O3S/c1-9-4-5-2-3(10-4)6(7)8/h2H,1H3. The topological polar surface area (TPSA) is 65.3 Å². The molecule has 0 spiro atoms. The van der Waals surface area contributed by atoms with Gasteiger partial charge in [-0.1, -0.05) is 0 Å². The summed E-state index contributed by atoms with van der Waals surface area (Å²) in [5.74, 6) is 0. The summed E-state index contributed by atoms with van der Waals surface area (Å²) in [7, 11) is 1.42. The van der Waals surface area contributed by atoms with E-state index in [9.17, 15) is 10.1 Å². The van der Waals surface area contributed by atoms with E-state index < -0.39 is 4.92 Å². The highest BCUT2D eigenvalue weighted by molar-refractivity contribution is 7.16. The van der Waals surface area contributed by atoms with Crippen LogP contribution in [0.25, 0.3) is 0 Å². The molecule has 0 aromatic carbocycles. The average Bonchev–Trinajstić information content (AvgIpc) is 2.34. The molecule has 0 aliphatic heterocycles. The Labute approximate surface area is 60.4 Å². The number of rotatable bonds is 2. The maximum atomic E-state index is 10.1. The Morgan fingerprint density at radius 3 is 2.90 bits per heavy atom. The van der Waals surface area contributed by atoms with Crippen LogP contribution in [0.1, 0.15) is 0 Å². The molecule has 0 N–H and O–H groups in total. The molecule has 0 aliphatic carbocycles. The first-order valence-electron chi connectivity index (χ1n) is 2.38. The van der Waals surface area contributed by atoms with Crippen molar-refractivity contribution in [3.05, 3.63) is 16.3 Å². The lowest BCUT2D eigenvalue weighted by atomic mass is 10.9. The fourth-order valence-corrected chi connectivity index (χ4v) is 0.976. The smallest absolute Gasteiger partial charge is 0.347 e. The van der Waals surface area contributed by atoms with Gasteiger partial charge in [-0.3, -0.25) is 10.1 Å². The highest BCUT2D eigenvalue weighted by Crippen LogP contribution is 2.25. The molecule has 0 radical (unpaired) electrons. The second-order valence-electron chi connectivity index (χ2n) is 1.43. The third-order valence-electron chi connectivity index (χ3n) is 0.827. The van der Waals surface area contributed by atoms with Gasteiger partial charge < -0.3 is 4.74 Å². The fourth-order valence-electron chi connectivity index (χ4n) is 0.429. The van der Waals surface area contributed by atoms with Gasteiger partial charge in [0.15, 0.2) is 0 Å². The average molecular weight is 160 g/mol. The molecule has 5 nitrogen and oxygen atoms in total. The number of hydrogen-bond acceptors (Lipinski definition) is 5. The summed E-state index contributed by atoms with van der Waals surface area (Å²) in [6.07, 6.45) is 1.17. The summed E-state index contributed by atoms with van der Waals surface area (Å²) in [5, 5.41) is 10.4. The van der Waals surface area contributed by atoms with E-state index in [2.05, 4.69) is 9.72 Å². The Bertz CT molecular complexity index is 246. The van der Waals surface area contributed by atoms with Crippen molar-refractivity contribution >= 4 is 16.3 Å². The van der Waals surface area contributed by atoms with Crippen LogP contribution in [-0.4, -0.2) is 17.0 Å². The number of thiazole rings is 1. The Morgan fingerprint density at radius 2 is 2.60 bits per heavy atom. The van der Waals surface area contributed by atoms with Crippen molar-refractivity contribution in [2.24, 2.45) is 0 Å². The molecule has 1 aromatic heterocycles. The normalized spacial score (nSPS) is 9.30. The Morgan fingerprint density at radius 1 is 1.90 bits per heavy atom. The number of aromatic nitrogens is 1. The van der Waals surface area contributed by atoms with Crippen molar-refractivity contribution in [1.29, 1.82) is 0 Å². The molecule has 6 heteroatoms. The highest BCUT2D eigenvalue weighted by atomic mass is 32.1. The van der Waals surface area contributed by atoms with Gasteiger partial charge in [0.2, 0.25) is 0 Å². The summed E-state index contributed by atoms with van der Waals surface area (Å²) in [6, 6.07) is 0. The van der Waals surface area contributed by atoms with Crippen molar-refractivity contribution in [1.82, 2.24) is 4.98 Å². The number of ether oxygens (including phenoxy) is 1. The van der Waals surface area contributed by atoms with Gasteiger partial charge in [0.05, 0.1) is 12.0 Å². The first-order chi connectivity index (χ1) is 4.74. The van der Waals surface area contributed by atoms with Gasteiger partial charge in [-0.05, 0) is 11.3 Å². The van der Waals surface area contributed by atoms with Crippen LogP contribution in [0.15, 0.2) is 6.20 Å². The van der Waals surface area contributed by atoms with Gasteiger partial charge in [0.1, 0.15) is 6.20 Å². The Balaban J connectivity index is 2.88. The molecule has 0 atom stereocenters. The molecular formula is C4H4N2O3S. The number of methoxy groups -OCH3 is 1. The maximum Gasteiger partial charge on any atom is 0.347 e. The van der Waals surface area contributed by atoms with Gasteiger partial charge in [0.25, 0.3) is 5.19 Å². The molecule has 0 fully saturated rings. The van der Waals surface area contributed by atoms with E-state index in [0.29, 0.717) is 5.19 Å². The van der Waals surface area contributed by atoms with Crippen LogP contribution < -0.4 is 4.74 Å². The zero-order valence-corrected chi connectivity index (χ0v) is 5.92. The van der Waals surface area contributed by atoms with Crippen LogP contribution in [0.2, 0.25) is 0 Å². The van der Waals surface area contributed by atoms with Crippen LogP contribution in [0.5, 0.6) is 5.19 Å². The molecule has 1 heterocycles. The predicted molar refractivity (Wildman–Crippen MR) is 35.3 cm³/mol. The SMILES string of the molecule is COc1ncc([N+](=O)[O-])s1. The van der Waals surface area contributed by atoms with Crippen molar-refractivity contribution in [3.8, 4) is 5.19 Å². The Hall–Kier alpha value is -1.17. The zero-order chi connectivity index (χ0) is 7.56. The third kappa shape index (κ3) is 1.21. The molecule has 0 saturated heterocycles. The molecule has 10 heavy (non-hydrogen) atoms. The number of nitrogens with zero attached hydrogens (tertiary/aromatic N) is 2. The highest BCUT2D eigenvalue weighted by Gasteiger charge is 2.10. The molecule has 0 unspecified atom stereocenters. The van der Waals surface area contributed by atoms with E-state index >= 15 is 0 Å². The minimum Gasteiger partial charge on any atom is -0.473 e. The van der Waals surface area contributed by atoms with E-state index in [0.717, 1.165) is 11.3 Å². The summed E-state index contributed by atoms with van der Waals surface area (Å²) >= 11 is 0.909. The lowest BCUT2D eigenvalue weighted by Gasteiger charge is -1.84. The van der Waals surface area contributed by atoms with E-state index in [4.69, 9.17) is 0 Å². The van der Waals surface area contributed by atoms with Crippen LogP contribution in [0, 0.1) is 10.1 Å². The van der Waals surface area contributed by atoms with Gasteiger partial charge in [-0.15, -0.1) is 0 Å². The summed E-state index contributed by atoms with van der Waals surface area (Å²) in [4.78, 5) is 13.2. The molecule has 0 amide bonds. The summed E-state index contributed by atoms with van der Waals surface area (Å²) in [5.41, 5.74) is 0. The quantitative estimate of drug-likeness (QED) is 0.479. The van der Waals surface area contributed by atoms with Gasteiger partial charge in [0, 0.05) is 0 Å². The van der Waals surface area contributed by atoms with E-state index in [1.807, 2.05) is 0 Å².